The Morgan fingerprint density at radius 2 is 1.97 bits per heavy atom. The van der Waals surface area contributed by atoms with Crippen LogP contribution in [0.1, 0.15) is 42.6 Å². The summed E-state index contributed by atoms with van der Waals surface area (Å²) in [6, 6.07) is 11.2. The highest BCUT2D eigenvalue weighted by molar-refractivity contribution is 6.35. The average molecular weight is 545 g/mol. The quantitative estimate of drug-likeness (QED) is 0.280. The average Bonchev–Trinajstić information content (AvgIpc) is 3.38. The Labute approximate surface area is 223 Å². The van der Waals surface area contributed by atoms with Gasteiger partial charge < -0.3 is 19.6 Å². The lowest BCUT2D eigenvalue weighted by atomic mass is 9.93. The number of carbonyl (C=O) groups is 1. The van der Waals surface area contributed by atoms with E-state index in [2.05, 4.69) is 15.4 Å². The Hall–Kier alpha value is -3.40. The Morgan fingerprint density at radius 1 is 1.19 bits per heavy atom. The van der Waals surface area contributed by atoms with Crippen LogP contribution < -0.4 is 15.7 Å². The third-order valence-electron chi connectivity index (χ3n) is 6.03. The maximum absolute atomic E-state index is 13.0. The molecule has 0 aliphatic rings. The molecule has 9 nitrogen and oxygen atoms in total. The summed E-state index contributed by atoms with van der Waals surface area (Å²) in [6.07, 6.45) is 4.50. The molecule has 2 heterocycles. The SMILES string of the molecule is CCC(CC)Oc1ccc2cc(C(=O)NCC(O)(Cn3cncn3)c3ccc(Cl)cc3Cl)c(=O)oc2c1. The largest absolute Gasteiger partial charge is 0.490 e. The van der Waals surface area contributed by atoms with Gasteiger partial charge >= 0.3 is 5.63 Å². The highest BCUT2D eigenvalue weighted by Crippen LogP contribution is 2.32. The Kier molecular flexibility index (Phi) is 8.16. The van der Waals surface area contributed by atoms with Crippen molar-refractivity contribution >= 4 is 40.1 Å². The molecule has 2 N–H and O–H groups in total. The van der Waals surface area contributed by atoms with Gasteiger partial charge in [-0.2, -0.15) is 5.10 Å². The molecule has 1 atom stereocenters. The first kappa shape index (κ1) is 26.7. The minimum absolute atomic E-state index is 0.0552. The van der Waals surface area contributed by atoms with E-state index in [9.17, 15) is 14.7 Å². The van der Waals surface area contributed by atoms with Crippen molar-refractivity contribution in [1.82, 2.24) is 20.1 Å². The van der Waals surface area contributed by atoms with Crippen LogP contribution in [-0.2, 0) is 12.1 Å². The molecule has 37 heavy (non-hydrogen) atoms. The van der Waals surface area contributed by atoms with E-state index in [0.717, 1.165) is 12.8 Å². The van der Waals surface area contributed by atoms with Crippen molar-refractivity contribution in [2.75, 3.05) is 6.54 Å². The number of aromatic nitrogens is 3. The van der Waals surface area contributed by atoms with Crippen molar-refractivity contribution in [1.29, 1.82) is 0 Å². The maximum Gasteiger partial charge on any atom is 0.349 e. The zero-order chi connectivity index (χ0) is 26.6. The molecule has 0 spiro atoms. The molecule has 0 aliphatic heterocycles. The predicted molar refractivity (Wildman–Crippen MR) is 140 cm³/mol. The fourth-order valence-electron chi connectivity index (χ4n) is 3.98. The third-order valence-corrected chi connectivity index (χ3v) is 6.58. The van der Waals surface area contributed by atoms with Crippen molar-refractivity contribution < 1.29 is 19.1 Å². The van der Waals surface area contributed by atoms with E-state index in [1.807, 2.05) is 13.8 Å². The van der Waals surface area contributed by atoms with Gasteiger partial charge in [0, 0.05) is 27.1 Å². The van der Waals surface area contributed by atoms with Crippen LogP contribution in [0.25, 0.3) is 11.0 Å². The van der Waals surface area contributed by atoms with E-state index >= 15 is 0 Å². The van der Waals surface area contributed by atoms with Crippen LogP contribution >= 0.6 is 23.2 Å². The molecule has 2 aromatic heterocycles. The number of amides is 1. The molecule has 0 bridgehead atoms. The Morgan fingerprint density at radius 3 is 2.65 bits per heavy atom. The molecule has 0 aliphatic carbocycles. The van der Waals surface area contributed by atoms with Crippen LogP contribution in [0.4, 0.5) is 0 Å². The number of benzene rings is 2. The predicted octanol–water partition coefficient (Wildman–Crippen LogP) is 4.58. The van der Waals surface area contributed by atoms with E-state index in [1.165, 1.54) is 29.5 Å². The Balaban J connectivity index is 1.58. The number of nitrogens with zero attached hydrogens (tertiary/aromatic N) is 3. The van der Waals surface area contributed by atoms with Crippen molar-refractivity contribution in [3.05, 3.63) is 86.7 Å². The van der Waals surface area contributed by atoms with Crippen LogP contribution in [0.15, 0.2) is 64.3 Å². The van der Waals surface area contributed by atoms with Crippen LogP contribution in [0, 0.1) is 0 Å². The first-order valence-electron chi connectivity index (χ1n) is 11.8. The number of ether oxygens (including phenoxy) is 1. The summed E-state index contributed by atoms with van der Waals surface area (Å²) in [5, 5.41) is 19.4. The van der Waals surface area contributed by atoms with Crippen molar-refractivity contribution in [2.24, 2.45) is 0 Å². The number of rotatable bonds is 10. The minimum atomic E-state index is -1.69. The molecule has 1 unspecified atom stereocenters. The summed E-state index contributed by atoms with van der Waals surface area (Å²) in [6.45, 7) is 3.72. The molecule has 0 fully saturated rings. The normalized spacial score (nSPS) is 13.0. The molecule has 4 aromatic rings. The lowest BCUT2D eigenvalue weighted by Gasteiger charge is -2.29. The van der Waals surface area contributed by atoms with Gasteiger partial charge in [0.1, 0.15) is 35.2 Å². The van der Waals surface area contributed by atoms with Crippen molar-refractivity contribution in [3.8, 4) is 5.75 Å². The standard InChI is InChI=1S/C26H26Cl2N4O5/c1-3-18(4-2)36-19-7-5-16-9-20(25(34)37-23(16)11-19)24(33)30-12-26(35,13-32-15-29-14-31-32)21-8-6-17(27)10-22(21)28/h5-11,14-15,18,35H,3-4,12-13H2,1-2H3,(H,30,33). The second-order valence-electron chi connectivity index (χ2n) is 8.64. The first-order chi connectivity index (χ1) is 17.7. The number of aliphatic hydroxyl groups is 1. The van der Waals surface area contributed by atoms with Gasteiger partial charge in [-0.1, -0.05) is 43.1 Å². The van der Waals surface area contributed by atoms with Crippen molar-refractivity contribution in [2.45, 2.75) is 44.9 Å². The van der Waals surface area contributed by atoms with Gasteiger partial charge in [0.2, 0.25) is 0 Å². The molecule has 0 saturated heterocycles. The number of fused-ring (bicyclic) bond motifs is 1. The second-order valence-corrected chi connectivity index (χ2v) is 9.48. The maximum atomic E-state index is 13.0. The van der Waals surface area contributed by atoms with E-state index < -0.39 is 17.1 Å². The van der Waals surface area contributed by atoms with Crippen LogP contribution in [0.5, 0.6) is 5.75 Å². The molecule has 4 rings (SSSR count). The molecule has 194 valence electrons. The number of hydrogen-bond acceptors (Lipinski definition) is 7. The molecule has 1 amide bonds. The molecular formula is C26H26Cl2N4O5. The Bertz CT molecular complexity index is 1450. The summed E-state index contributed by atoms with van der Waals surface area (Å²) >= 11 is 12.4. The molecular weight excluding hydrogens is 519 g/mol. The summed E-state index contributed by atoms with van der Waals surface area (Å²) in [5.74, 6) is -0.130. The molecule has 2 aromatic carbocycles. The van der Waals surface area contributed by atoms with E-state index in [0.29, 0.717) is 27.3 Å². The number of hydrogen-bond donors (Lipinski definition) is 2. The van der Waals surface area contributed by atoms with Crippen LogP contribution in [0.3, 0.4) is 0 Å². The zero-order valence-electron chi connectivity index (χ0n) is 20.3. The summed E-state index contributed by atoms with van der Waals surface area (Å²) in [4.78, 5) is 29.6. The smallest absolute Gasteiger partial charge is 0.349 e. The summed E-state index contributed by atoms with van der Waals surface area (Å²) in [5.41, 5.74) is -2.07. The monoisotopic (exact) mass is 544 g/mol. The fourth-order valence-corrected chi connectivity index (χ4v) is 4.56. The molecule has 0 saturated carbocycles. The first-order valence-corrected chi connectivity index (χ1v) is 12.5. The zero-order valence-corrected chi connectivity index (χ0v) is 21.8. The highest BCUT2D eigenvalue weighted by Gasteiger charge is 2.34. The lowest BCUT2D eigenvalue weighted by molar-refractivity contribution is 0.0153. The van der Waals surface area contributed by atoms with Crippen molar-refractivity contribution in [3.63, 3.8) is 0 Å². The minimum Gasteiger partial charge on any atom is -0.490 e. The molecule has 11 heteroatoms. The van der Waals surface area contributed by atoms with E-state index in [1.54, 1.807) is 30.3 Å². The third kappa shape index (κ3) is 6.12. The van der Waals surface area contributed by atoms with Crippen LogP contribution in [0.2, 0.25) is 10.0 Å². The number of halogens is 2. The van der Waals surface area contributed by atoms with Gasteiger partial charge in [-0.3, -0.25) is 4.79 Å². The summed E-state index contributed by atoms with van der Waals surface area (Å²) in [7, 11) is 0. The van der Waals surface area contributed by atoms with Gasteiger partial charge in [0.15, 0.2) is 0 Å². The van der Waals surface area contributed by atoms with Gasteiger partial charge in [0.25, 0.3) is 5.91 Å². The fraction of sp³-hybridized carbons (Fsp3) is 0.308. The van der Waals surface area contributed by atoms with Gasteiger partial charge in [-0.05, 0) is 43.2 Å². The second kappa shape index (κ2) is 11.3. The van der Waals surface area contributed by atoms with E-state index in [4.69, 9.17) is 32.4 Å². The highest BCUT2D eigenvalue weighted by atomic mass is 35.5. The number of carbonyl (C=O) groups excluding carboxylic acids is 1. The van der Waals surface area contributed by atoms with Gasteiger partial charge in [0.05, 0.1) is 19.2 Å². The topological polar surface area (TPSA) is 119 Å². The van der Waals surface area contributed by atoms with Crippen LogP contribution in [-0.4, -0.2) is 38.4 Å². The number of nitrogens with one attached hydrogen (secondary N) is 1. The van der Waals surface area contributed by atoms with Gasteiger partial charge in [-0.15, -0.1) is 0 Å². The summed E-state index contributed by atoms with van der Waals surface area (Å²) < 4.78 is 12.7. The molecule has 0 radical (unpaired) electrons. The lowest BCUT2D eigenvalue weighted by Crippen LogP contribution is -2.44. The van der Waals surface area contributed by atoms with E-state index in [-0.39, 0.29) is 29.8 Å². The van der Waals surface area contributed by atoms with Gasteiger partial charge in [-0.25, -0.2) is 14.5 Å².